The van der Waals surface area contributed by atoms with Gasteiger partial charge < -0.3 is 15.1 Å². The lowest BCUT2D eigenvalue weighted by atomic mass is 9.93. The molecule has 3 rings (SSSR count). The molecule has 3 amide bonds. The summed E-state index contributed by atoms with van der Waals surface area (Å²) in [4.78, 5) is 35.8. The van der Waals surface area contributed by atoms with Crippen LogP contribution in [0.3, 0.4) is 0 Å². The molecule has 3 heterocycles. The molecular formula is C22H35N5O2. The number of nitrogens with one attached hydrogen (secondary N) is 1. The van der Waals surface area contributed by atoms with Crippen molar-refractivity contribution in [2.75, 3.05) is 39.3 Å². The molecule has 7 nitrogen and oxygen atoms in total. The van der Waals surface area contributed by atoms with Crippen LogP contribution in [0, 0.1) is 5.92 Å². The molecule has 2 aliphatic rings. The van der Waals surface area contributed by atoms with Gasteiger partial charge in [-0.2, -0.15) is 0 Å². The van der Waals surface area contributed by atoms with E-state index in [0.717, 1.165) is 70.6 Å². The summed E-state index contributed by atoms with van der Waals surface area (Å²) < 4.78 is 0. The Morgan fingerprint density at radius 1 is 1.14 bits per heavy atom. The van der Waals surface area contributed by atoms with Crippen molar-refractivity contribution in [2.45, 2.75) is 52.1 Å². The van der Waals surface area contributed by atoms with Crippen molar-refractivity contribution in [1.29, 1.82) is 0 Å². The Morgan fingerprint density at radius 2 is 1.90 bits per heavy atom. The monoisotopic (exact) mass is 401 g/mol. The molecule has 29 heavy (non-hydrogen) atoms. The molecule has 1 aromatic heterocycles. The predicted molar refractivity (Wildman–Crippen MR) is 113 cm³/mol. The molecule has 0 bridgehead atoms. The zero-order valence-corrected chi connectivity index (χ0v) is 17.8. The van der Waals surface area contributed by atoms with Gasteiger partial charge in [-0.3, -0.25) is 14.7 Å². The molecule has 2 fully saturated rings. The molecule has 0 unspecified atom stereocenters. The fourth-order valence-corrected chi connectivity index (χ4v) is 4.49. The van der Waals surface area contributed by atoms with E-state index in [1.54, 1.807) is 6.20 Å². The third kappa shape index (κ3) is 5.69. The van der Waals surface area contributed by atoms with Crippen molar-refractivity contribution < 1.29 is 9.59 Å². The van der Waals surface area contributed by atoms with E-state index in [0.29, 0.717) is 12.6 Å². The molecule has 1 aromatic rings. The first-order valence-corrected chi connectivity index (χ1v) is 11.1. The van der Waals surface area contributed by atoms with Gasteiger partial charge in [0.25, 0.3) is 0 Å². The topological polar surface area (TPSA) is 68.8 Å². The van der Waals surface area contributed by atoms with Crippen molar-refractivity contribution in [3.63, 3.8) is 0 Å². The lowest BCUT2D eigenvalue weighted by Crippen LogP contribution is -2.53. The zero-order chi connectivity index (χ0) is 20.6. The highest BCUT2D eigenvalue weighted by Crippen LogP contribution is 2.24. The fourth-order valence-electron chi connectivity index (χ4n) is 4.49. The summed E-state index contributed by atoms with van der Waals surface area (Å²) in [7, 11) is 0. The SMILES string of the molecule is CCN(CC)C(=O)N1CCC(N2CCC[C@@H](C(=O)NCc3ccccn3)C2)CC1. The van der Waals surface area contributed by atoms with E-state index in [2.05, 4.69) is 15.2 Å². The van der Waals surface area contributed by atoms with Crippen LogP contribution in [0.5, 0.6) is 0 Å². The summed E-state index contributed by atoms with van der Waals surface area (Å²) in [6.45, 7) is 9.57. The number of carbonyl (C=O) groups is 2. The Hall–Kier alpha value is -2.15. The highest BCUT2D eigenvalue weighted by atomic mass is 16.2. The lowest BCUT2D eigenvalue weighted by Gasteiger charge is -2.42. The zero-order valence-electron chi connectivity index (χ0n) is 17.8. The molecule has 1 N–H and O–H groups in total. The highest BCUT2D eigenvalue weighted by Gasteiger charge is 2.33. The van der Waals surface area contributed by atoms with Crippen molar-refractivity contribution in [3.05, 3.63) is 30.1 Å². The van der Waals surface area contributed by atoms with Crippen LogP contribution in [0.25, 0.3) is 0 Å². The molecule has 0 spiro atoms. The third-order valence-electron chi connectivity index (χ3n) is 6.28. The molecule has 7 heteroatoms. The van der Waals surface area contributed by atoms with Gasteiger partial charge in [-0.15, -0.1) is 0 Å². The predicted octanol–water partition coefficient (Wildman–Crippen LogP) is 2.34. The first-order valence-electron chi connectivity index (χ1n) is 11.1. The maximum atomic E-state index is 12.7. The molecule has 160 valence electrons. The van der Waals surface area contributed by atoms with Crippen molar-refractivity contribution in [2.24, 2.45) is 5.92 Å². The fraction of sp³-hybridized carbons (Fsp3) is 0.682. The van der Waals surface area contributed by atoms with Crippen molar-refractivity contribution in [3.8, 4) is 0 Å². The Labute approximate surface area is 174 Å². The lowest BCUT2D eigenvalue weighted by molar-refractivity contribution is -0.127. The van der Waals surface area contributed by atoms with E-state index in [1.807, 2.05) is 41.8 Å². The summed E-state index contributed by atoms with van der Waals surface area (Å²) in [6, 6.07) is 6.39. The number of urea groups is 1. The van der Waals surface area contributed by atoms with E-state index >= 15 is 0 Å². The number of amides is 3. The molecule has 2 saturated heterocycles. The van der Waals surface area contributed by atoms with Crippen LogP contribution < -0.4 is 5.32 Å². The Morgan fingerprint density at radius 3 is 2.55 bits per heavy atom. The van der Waals surface area contributed by atoms with Gasteiger partial charge in [-0.25, -0.2) is 4.79 Å². The van der Waals surface area contributed by atoms with Gasteiger partial charge in [0.05, 0.1) is 18.2 Å². The van der Waals surface area contributed by atoms with Crippen LogP contribution in [0.4, 0.5) is 4.79 Å². The van der Waals surface area contributed by atoms with Gasteiger partial charge >= 0.3 is 6.03 Å². The Kier molecular flexibility index (Phi) is 7.86. The standard InChI is InChI=1S/C22H35N5O2/c1-3-25(4-2)22(29)26-14-10-20(11-15-26)27-13-7-8-18(17-27)21(28)24-16-19-9-5-6-12-23-19/h5-6,9,12,18,20H,3-4,7-8,10-11,13-17H2,1-2H3,(H,24,28)/t18-/m1/s1. The molecule has 0 saturated carbocycles. The van der Waals surface area contributed by atoms with Gasteiger partial charge in [-0.05, 0) is 58.2 Å². The smallest absolute Gasteiger partial charge is 0.319 e. The van der Waals surface area contributed by atoms with Gasteiger partial charge in [-0.1, -0.05) is 6.07 Å². The first-order chi connectivity index (χ1) is 14.1. The van der Waals surface area contributed by atoms with Crippen LogP contribution in [0.1, 0.15) is 45.2 Å². The molecule has 0 radical (unpaired) electrons. The second-order valence-electron chi connectivity index (χ2n) is 8.05. The van der Waals surface area contributed by atoms with E-state index in [-0.39, 0.29) is 17.9 Å². The molecule has 2 aliphatic heterocycles. The normalized spacial score (nSPS) is 21.0. The highest BCUT2D eigenvalue weighted by molar-refractivity contribution is 5.79. The first kappa shape index (κ1) is 21.6. The minimum Gasteiger partial charge on any atom is -0.350 e. The molecule has 1 atom stereocenters. The van der Waals surface area contributed by atoms with Crippen LogP contribution in [-0.2, 0) is 11.3 Å². The van der Waals surface area contributed by atoms with Crippen molar-refractivity contribution >= 4 is 11.9 Å². The van der Waals surface area contributed by atoms with Crippen LogP contribution in [-0.4, -0.2) is 76.9 Å². The molecule has 0 aliphatic carbocycles. The number of aromatic nitrogens is 1. The number of rotatable bonds is 6. The van der Waals surface area contributed by atoms with Gasteiger partial charge in [0.1, 0.15) is 0 Å². The van der Waals surface area contributed by atoms with Crippen LogP contribution in [0.15, 0.2) is 24.4 Å². The van der Waals surface area contributed by atoms with Crippen LogP contribution in [0.2, 0.25) is 0 Å². The largest absolute Gasteiger partial charge is 0.350 e. The number of piperidine rings is 2. The van der Waals surface area contributed by atoms with E-state index in [9.17, 15) is 9.59 Å². The van der Waals surface area contributed by atoms with Crippen LogP contribution >= 0.6 is 0 Å². The minimum absolute atomic E-state index is 0.0443. The average Bonchev–Trinajstić information content (AvgIpc) is 2.79. The summed E-state index contributed by atoms with van der Waals surface area (Å²) in [5, 5.41) is 3.05. The number of likely N-dealkylation sites (tertiary alicyclic amines) is 2. The summed E-state index contributed by atoms with van der Waals surface area (Å²) >= 11 is 0. The quantitative estimate of drug-likeness (QED) is 0.794. The number of pyridine rings is 1. The maximum Gasteiger partial charge on any atom is 0.319 e. The minimum atomic E-state index is 0.0443. The number of hydrogen-bond donors (Lipinski definition) is 1. The van der Waals surface area contributed by atoms with E-state index < -0.39 is 0 Å². The van der Waals surface area contributed by atoms with Gasteiger partial charge in [0.2, 0.25) is 5.91 Å². The molecule has 0 aromatic carbocycles. The van der Waals surface area contributed by atoms with Crippen molar-refractivity contribution in [1.82, 2.24) is 25.0 Å². The summed E-state index contributed by atoms with van der Waals surface area (Å²) in [6.07, 6.45) is 5.75. The number of hydrogen-bond acceptors (Lipinski definition) is 4. The number of nitrogens with zero attached hydrogens (tertiary/aromatic N) is 4. The second-order valence-corrected chi connectivity index (χ2v) is 8.05. The maximum absolute atomic E-state index is 12.7. The Bertz CT molecular complexity index is 656. The van der Waals surface area contributed by atoms with E-state index in [1.165, 1.54) is 0 Å². The number of carbonyl (C=O) groups excluding carboxylic acids is 2. The Balaban J connectivity index is 1.46. The van der Waals surface area contributed by atoms with Gasteiger partial charge in [0.15, 0.2) is 0 Å². The third-order valence-corrected chi connectivity index (χ3v) is 6.28. The van der Waals surface area contributed by atoms with E-state index in [4.69, 9.17) is 0 Å². The van der Waals surface area contributed by atoms with Gasteiger partial charge in [0, 0.05) is 45.0 Å². The average molecular weight is 402 g/mol. The second kappa shape index (κ2) is 10.6. The summed E-state index contributed by atoms with van der Waals surface area (Å²) in [5.74, 6) is 0.178. The summed E-state index contributed by atoms with van der Waals surface area (Å²) in [5.41, 5.74) is 0.888. The molecular weight excluding hydrogens is 366 g/mol.